The van der Waals surface area contributed by atoms with E-state index in [0.717, 1.165) is 5.56 Å². The Morgan fingerprint density at radius 3 is 3.00 bits per heavy atom. The minimum absolute atomic E-state index is 0.347. The highest BCUT2D eigenvalue weighted by atomic mass is 16.5. The molecule has 0 saturated carbocycles. The van der Waals surface area contributed by atoms with Crippen molar-refractivity contribution < 1.29 is 8.94 Å². The minimum atomic E-state index is 0.347. The van der Waals surface area contributed by atoms with Gasteiger partial charge in [0.15, 0.2) is 5.76 Å². The molecule has 3 heterocycles. The molecule has 3 rings (SSSR count). The molecule has 0 bridgehead atoms. The van der Waals surface area contributed by atoms with Crippen LogP contribution in [-0.2, 0) is 13.1 Å². The molecule has 0 fully saturated rings. The van der Waals surface area contributed by atoms with Crippen LogP contribution in [0.4, 0.5) is 0 Å². The first-order chi connectivity index (χ1) is 9.26. The van der Waals surface area contributed by atoms with Gasteiger partial charge in [-0.15, -0.1) is 5.10 Å². The average Bonchev–Trinajstić information content (AvgIpc) is 3.10. The Labute approximate surface area is 108 Å². The molecule has 8 heteroatoms. The summed E-state index contributed by atoms with van der Waals surface area (Å²) in [6.07, 6.45) is 3.33. The maximum Gasteiger partial charge on any atom is 0.248 e. The van der Waals surface area contributed by atoms with Crippen LogP contribution in [0.2, 0.25) is 0 Å². The molecule has 19 heavy (non-hydrogen) atoms. The second-order valence-corrected chi connectivity index (χ2v) is 4.06. The maximum atomic E-state index is 5.46. The number of nitrogens with two attached hydrogens (primary N) is 1. The van der Waals surface area contributed by atoms with E-state index in [1.165, 1.54) is 0 Å². The van der Waals surface area contributed by atoms with Crippen LogP contribution in [0.15, 0.2) is 27.5 Å². The number of aromatic nitrogens is 5. The number of nitrogens with zero attached hydrogens (tertiary/aromatic N) is 5. The second kappa shape index (κ2) is 4.65. The summed E-state index contributed by atoms with van der Waals surface area (Å²) in [7, 11) is 0. The summed E-state index contributed by atoms with van der Waals surface area (Å²) in [6, 6.07) is 1.84. The second-order valence-electron chi connectivity index (χ2n) is 4.06. The topological polar surface area (TPSA) is 109 Å². The molecule has 3 aromatic heterocycles. The SMILES string of the molecule is Cc1ccoc1-c1noc(Cn2cc(CN)nn2)n1. The molecular weight excluding hydrogens is 248 g/mol. The van der Waals surface area contributed by atoms with Gasteiger partial charge in [0.25, 0.3) is 0 Å². The summed E-state index contributed by atoms with van der Waals surface area (Å²) < 4.78 is 12.0. The lowest BCUT2D eigenvalue weighted by atomic mass is 10.3. The number of hydrogen-bond acceptors (Lipinski definition) is 7. The molecular formula is C11H12N6O2. The van der Waals surface area contributed by atoms with Crippen molar-refractivity contribution in [3.63, 3.8) is 0 Å². The summed E-state index contributed by atoms with van der Waals surface area (Å²) in [5.74, 6) is 1.46. The van der Waals surface area contributed by atoms with Crippen molar-refractivity contribution >= 4 is 0 Å². The van der Waals surface area contributed by atoms with Crippen molar-refractivity contribution in [1.29, 1.82) is 0 Å². The highest BCUT2D eigenvalue weighted by Crippen LogP contribution is 2.21. The van der Waals surface area contributed by atoms with Crippen molar-refractivity contribution in [2.75, 3.05) is 0 Å². The van der Waals surface area contributed by atoms with E-state index in [1.807, 2.05) is 13.0 Å². The van der Waals surface area contributed by atoms with Gasteiger partial charge in [0.2, 0.25) is 11.7 Å². The fraction of sp³-hybridized carbons (Fsp3) is 0.273. The van der Waals surface area contributed by atoms with Gasteiger partial charge in [0, 0.05) is 6.54 Å². The number of aryl methyl sites for hydroxylation is 1. The first kappa shape index (κ1) is 11.6. The van der Waals surface area contributed by atoms with Crippen LogP contribution < -0.4 is 5.73 Å². The summed E-state index contributed by atoms with van der Waals surface area (Å²) in [5.41, 5.74) is 7.13. The van der Waals surface area contributed by atoms with E-state index in [0.29, 0.717) is 36.3 Å². The standard InChI is InChI=1S/C11H12N6O2/c1-7-2-3-18-10(7)11-13-9(19-15-11)6-17-5-8(4-12)14-16-17/h2-3,5H,4,6,12H2,1H3. The van der Waals surface area contributed by atoms with Crippen molar-refractivity contribution in [1.82, 2.24) is 25.1 Å². The van der Waals surface area contributed by atoms with Crippen molar-refractivity contribution in [2.45, 2.75) is 20.0 Å². The Morgan fingerprint density at radius 2 is 2.32 bits per heavy atom. The zero-order valence-electron chi connectivity index (χ0n) is 10.3. The normalized spacial score (nSPS) is 11.1. The lowest BCUT2D eigenvalue weighted by Gasteiger charge is -1.92. The maximum absolute atomic E-state index is 5.46. The van der Waals surface area contributed by atoms with Gasteiger partial charge in [-0.1, -0.05) is 10.4 Å². The molecule has 0 aliphatic heterocycles. The Balaban J connectivity index is 1.80. The van der Waals surface area contributed by atoms with Crippen molar-refractivity contribution in [2.24, 2.45) is 5.73 Å². The predicted octanol–water partition coefficient (Wildman–Crippen LogP) is 0.737. The molecule has 98 valence electrons. The zero-order chi connectivity index (χ0) is 13.2. The molecule has 3 aromatic rings. The fourth-order valence-electron chi connectivity index (χ4n) is 1.66. The molecule has 0 aliphatic rings. The van der Waals surface area contributed by atoms with Crippen LogP contribution in [0.1, 0.15) is 17.1 Å². The number of hydrogen-bond donors (Lipinski definition) is 1. The van der Waals surface area contributed by atoms with Gasteiger partial charge in [0.1, 0.15) is 6.54 Å². The van der Waals surface area contributed by atoms with Gasteiger partial charge in [-0.2, -0.15) is 4.98 Å². The Morgan fingerprint density at radius 1 is 1.42 bits per heavy atom. The van der Waals surface area contributed by atoms with E-state index >= 15 is 0 Å². The summed E-state index contributed by atoms with van der Waals surface area (Å²) in [6.45, 7) is 2.61. The molecule has 2 N–H and O–H groups in total. The third kappa shape index (κ3) is 2.25. The molecule has 0 aliphatic carbocycles. The van der Waals surface area contributed by atoms with Crippen molar-refractivity contribution in [3.8, 4) is 11.6 Å². The van der Waals surface area contributed by atoms with E-state index in [2.05, 4.69) is 20.5 Å². The third-order valence-corrected chi connectivity index (χ3v) is 2.63. The van der Waals surface area contributed by atoms with E-state index in [4.69, 9.17) is 14.7 Å². The average molecular weight is 260 g/mol. The Hall–Kier alpha value is -2.48. The first-order valence-corrected chi connectivity index (χ1v) is 5.72. The largest absolute Gasteiger partial charge is 0.461 e. The summed E-state index contributed by atoms with van der Waals surface area (Å²) >= 11 is 0. The van der Waals surface area contributed by atoms with Gasteiger partial charge in [-0.25, -0.2) is 4.68 Å². The van der Waals surface area contributed by atoms with Gasteiger partial charge in [-0.3, -0.25) is 0 Å². The van der Waals surface area contributed by atoms with Gasteiger partial charge >= 0.3 is 0 Å². The molecule has 0 radical (unpaired) electrons. The lowest BCUT2D eigenvalue weighted by Crippen LogP contribution is -2.00. The summed E-state index contributed by atoms with van der Waals surface area (Å²) in [4.78, 5) is 4.25. The van der Waals surface area contributed by atoms with Crippen LogP contribution in [0.5, 0.6) is 0 Å². The molecule has 0 atom stereocenters. The van der Waals surface area contributed by atoms with Crippen LogP contribution >= 0.6 is 0 Å². The van der Waals surface area contributed by atoms with Gasteiger partial charge in [0.05, 0.1) is 18.2 Å². The predicted molar refractivity (Wildman–Crippen MR) is 63.8 cm³/mol. The molecule has 0 spiro atoms. The monoisotopic (exact) mass is 260 g/mol. The van der Waals surface area contributed by atoms with Crippen LogP contribution in [0.25, 0.3) is 11.6 Å². The number of rotatable bonds is 4. The summed E-state index contributed by atoms with van der Waals surface area (Å²) in [5, 5.41) is 11.7. The molecule has 0 unspecified atom stereocenters. The van der Waals surface area contributed by atoms with E-state index in [9.17, 15) is 0 Å². The first-order valence-electron chi connectivity index (χ1n) is 5.72. The van der Waals surface area contributed by atoms with Crippen LogP contribution in [-0.4, -0.2) is 25.1 Å². The van der Waals surface area contributed by atoms with E-state index < -0.39 is 0 Å². The number of furan rings is 1. The highest BCUT2D eigenvalue weighted by Gasteiger charge is 2.14. The molecule has 0 saturated heterocycles. The lowest BCUT2D eigenvalue weighted by molar-refractivity contribution is 0.363. The molecule has 8 nitrogen and oxygen atoms in total. The molecule has 0 aromatic carbocycles. The smallest absolute Gasteiger partial charge is 0.248 e. The van der Waals surface area contributed by atoms with Crippen LogP contribution in [0.3, 0.4) is 0 Å². The highest BCUT2D eigenvalue weighted by molar-refractivity contribution is 5.50. The fourth-order valence-corrected chi connectivity index (χ4v) is 1.66. The van der Waals surface area contributed by atoms with E-state index in [1.54, 1.807) is 17.1 Å². The van der Waals surface area contributed by atoms with Crippen molar-refractivity contribution in [3.05, 3.63) is 35.7 Å². The molecule has 0 amide bonds. The van der Waals surface area contributed by atoms with E-state index in [-0.39, 0.29) is 0 Å². The van der Waals surface area contributed by atoms with Gasteiger partial charge in [-0.05, 0) is 18.6 Å². The van der Waals surface area contributed by atoms with Crippen LogP contribution in [0, 0.1) is 6.92 Å². The minimum Gasteiger partial charge on any atom is -0.461 e. The Kier molecular flexibility index (Phi) is 2.84. The zero-order valence-corrected chi connectivity index (χ0v) is 10.3. The Bertz CT molecular complexity index is 683. The van der Waals surface area contributed by atoms with Gasteiger partial charge < -0.3 is 14.7 Å². The third-order valence-electron chi connectivity index (χ3n) is 2.63. The quantitative estimate of drug-likeness (QED) is 0.736.